The molecule has 1 aliphatic heterocycles. The number of ether oxygens (including phenoxy) is 2. The van der Waals surface area contributed by atoms with Crippen molar-refractivity contribution >= 4 is 11.9 Å². The van der Waals surface area contributed by atoms with Gasteiger partial charge in [0.05, 0.1) is 13.7 Å². The number of para-hydroxylation sites is 1. The van der Waals surface area contributed by atoms with Crippen LogP contribution in [0, 0.1) is 17.6 Å². The maximum Gasteiger partial charge on any atom is 0.328 e. The average molecular weight is 365 g/mol. The summed E-state index contributed by atoms with van der Waals surface area (Å²) in [6.07, 6.45) is 5.96. The van der Waals surface area contributed by atoms with Gasteiger partial charge in [0.1, 0.15) is 11.8 Å². The van der Waals surface area contributed by atoms with E-state index in [4.69, 9.17) is 9.47 Å². The third kappa shape index (κ3) is 3.86. The summed E-state index contributed by atoms with van der Waals surface area (Å²) in [5, 5.41) is 0. The Morgan fingerprint density at radius 1 is 1.27 bits per heavy atom. The van der Waals surface area contributed by atoms with Gasteiger partial charge in [-0.15, -0.1) is 0 Å². The molecule has 2 aliphatic rings. The number of nitrogens with zero attached hydrogens (tertiary/aromatic N) is 1. The van der Waals surface area contributed by atoms with Crippen LogP contribution in [0.4, 0.5) is 8.78 Å². The van der Waals surface area contributed by atoms with E-state index in [1.54, 1.807) is 0 Å². The molecule has 1 saturated carbocycles. The van der Waals surface area contributed by atoms with E-state index in [0.29, 0.717) is 12.3 Å². The predicted octanol–water partition coefficient (Wildman–Crippen LogP) is 3.19. The Labute approximate surface area is 150 Å². The first-order chi connectivity index (χ1) is 12.5. The molecule has 1 amide bonds. The molecule has 5 nitrogen and oxygen atoms in total. The first kappa shape index (κ1) is 18.4. The molecule has 26 heavy (non-hydrogen) atoms. The molecule has 0 spiro atoms. The predicted molar refractivity (Wildman–Crippen MR) is 89.2 cm³/mol. The highest BCUT2D eigenvalue weighted by atomic mass is 19.1. The summed E-state index contributed by atoms with van der Waals surface area (Å²) < 4.78 is 37.6. The van der Waals surface area contributed by atoms with Crippen molar-refractivity contribution in [2.24, 2.45) is 5.92 Å². The van der Waals surface area contributed by atoms with Gasteiger partial charge >= 0.3 is 5.97 Å². The van der Waals surface area contributed by atoms with E-state index in [9.17, 15) is 18.4 Å². The summed E-state index contributed by atoms with van der Waals surface area (Å²) in [5.74, 6) is -2.72. The van der Waals surface area contributed by atoms with Crippen LogP contribution >= 0.6 is 0 Å². The van der Waals surface area contributed by atoms with Crippen molar-refractivity contribution in [1.29, 1.82) is 0 Å². The minimum atomic E-state index is -0.854. The van der Waals surface area contributed by atoms with Crippen molar-refractivity contribution in [2.75, 3.05) is 13.7 Å². The molecule has 1 atom stereocenters. The fourth-order valence-corrected chi connectivity index (χ4v) is 3.60. The second-order valence-electron chi connectivity index (χ2n) is 6.65. The molecule has 0 radical (unpaired) electrons. The second kappa shape index (κ2) is 7.85. The van der Waals surface area contributed by atoms with Crippen LogP contribution < -0.4 is 4.74 Å². The fraction of sp³-hybridized carbons (Fsp3) is 0.474. The van der Waals surface area contributed by atoms with E-state index >= 15 is 0 Å². The number of amides is 1. The third-order valence-electron chi connectivity index (χ3n) is 4.93. The fourth-order valence-electron chi connectivity index (χ4n) is 3.60. The SMILES string of the molecule is COC(=O)C(CC1CCCC1)N1CC(Oc2c(F)cccc2F)=CC1=O. The number of carbonyl (C=O) groups is 2. The van der Waals surface area contributed by atoms with E-state index in [2.05, 4.69) is 0 Å². The summed E-state index contributed by atoms with van der Waals surface area (Å²) >= 11 is 0. The van der Waals surface area contributed by atoms with Gasteiger partial charge in [-0.25, -0.2) is 13.6 Å². The van der Waals surface area contributed by atoms with E-state index in [0.717, 1.165) is 43.9 Å². The quantitative estimate of drug-likeness (QED) is 0.727. The maximum absolute atomic E-state index is 13.7. The average Bonchev–Trinajstić information content (AvgIpc) is 3.25. The van der Waals surface area contributed by atoms with Crippen molar-refractivity contribution < 1.29 is 27.8 Å². The highest BCUT2D eigenvalue weighted by Gasteiger charge is 2.37. The zero-order valence-electron chi connectivity index (χ0n) is 14.5. The van der Waals surface area contributed by atoms with Gasteiger partial charge in [0, 0.05) is 6.08 Å². The van der Waals surface area contributed by atoms with Crippen molar-refractivity contribution in [2.45, 2.75) is 38.1 Å². The maximum atomic E-state index is 13.7. The van der Waals surface area contributed by atoms with Gasteiger partial charge in [0.25, 0.3) is 5.91 Å². The van der Waals surface area contributed by atoms with Gasteiger partial charge in [-0.1, -0.05) is 31.7 Å². The molecule has 7 heteroatoms. The van der Waals surface area contributed by atoms with Crippen molar-refractivity contribution in [3.8, 4) is 5.75 Å². The third-order valence-corrected chi connectivity index (χ3v) is 4.93. The Bertz CT molecular complexity index is 708. The molecule has 0 saturated heterocycles. The number of halogens is 2. The van der Waals surface area contributed by atoms with Crippen LogP contribution in [-0.4, -0.2) is 36.5 Å². The van der Waals surface area contributed by atoms with Gasteiger partial charge in [0.2, 0.25) is 0 Å². The molecular formula is C19H21F2NO4. The Kier molecular flexibility index (Phi) is 5.54. The molecule has 1 aromatic rings. The topological polar surface area (TPSA) is 55.8 Å². The number of carbonyl (C=O) groups excluding carboxylic acids is 2. The van der Waals surface area contributed by atoms with Crippen LogP contribution in [0.15, 0.2) is 30.0 Å². The molecular weight excluding hydrogens is 344 g/mol. The zero-order valence-corrected chi connectivity index (χ0v) is 14.5. The Hall–Kier alpha value is -2.44. The minimum absolute atomic E-state index is 0.0287. The molecule has 0 N–H and O–H groups in total. The molecule has 1 unspecified atom stereocenters. The van der Waals surface area contributed by atoms with Crippen molar-refractivity contribution in [3.05, 3.63) is 41.7 Å². The highest BCUT2D eigenvalue weighted by molar-refractivity contribution is 5.94. The number of esters is 1. The first-order valence-electron chi connectivity index (χ1n) is 8.70. The lowest BCUT2D eigenvalue weighted by Gasteiger charge is -2.28. The molecule has 1 fully saturated rings. The monoisotopic (exact) mass is 365 g/mol. The molecule has 1 aromatic carbocycles. The highest BCUT2D eigenvalue weighted by Crippen LogP contribution is 2.32. The summed E-state index contributed by atoms with van der Waals surface area (Å²) in [6, 6.07) is 2.65. The van der Waals surface area contributed by atoms with E-state index < -0.39 is 35.3 Å². The van der Waals surface area contributed by atoms with Crippen LogP contribution in [0.25, 0.3) is 0 Å². The summed E-state index contributed by atoms with van der Waals surface area (Å²) in [7, 11) is 1.28. The Morgan fingerprint density at radius 3 is 2.54 bits per heavy atom. The molecule has 1 aliphatic carbocycles. The van der Waals surface area contributed by atoms with Gasteiger partial charge < -0.3 is 14.4 Å². The van der Waals surface area contributed by atoms with E-state index in [1.807, 2.05) is 0 Å². The summed E-state index contributed by atoms with van der Waals surface area (Å²) in [5.41, 5.74) is 0. The summed E-state index contributed by atoms with van der Waals surface area (Å²) in [6.45, 7) is -0.0287. The minimum Gasteiger partial charge on any atom is -0.467 e. The lowest BCUT2D eigenvalue weighted by Crippen LogP contribution is -2.44. The number of methoxy groups -OCH3 is 1. The van der Waals surface area contributed by atoms with Crippen molar-refractivity contribution in [1.82, 2.24) is 4.90 Å². The van der Waals surface area contributed by atoms with Gasteiger partial charge in [0.15, 0.2) is 17.4 Å². The number of rotatable bonds is 6. The zero-order chi connectivity index (χ0) is 18.7. The molecule has 0 bridgehead atoms. The Morgan fingerprint density at radius 2 is 1.92 bits per heavy atom. The molecule has 140 valence electrons. The van der Waals surface area contributed by atoms with E-state index in [-0.39, 0.29) is 12.3 Å². The lowest BCUT2D eigenvalue weighted by molar-refractivity contribution is -0.151. The lowest BCUT2D eigenvalue weighted by atomic mass is 9.97. The number of benzene rings is 1. The Balaban J connectivity index is 1.73. The van der Waals surface area contributed by atoms with Crippen molar-refractivity contribution in [3.63, 3.8) is 0 Å². The largest absolute Gasteiger partial charge is 0.467 e. The van der Waals surface area contributed by atoms with Gasteiger partial charge in [-0.3, -0.25) is 4.79 Å². The number of hydrogen-bond donors (Lipinski definition) is 0. The summed E-state index contributed by atoms with van der Waals surface area (Å²) in [4.78, 5) is 25.9. The van der Waals surface area contributed by atoms with E-state index in [1.165, 1.54) is 18.1 Å². The van der Waals surface area contributed by atoms with Gasteiger partial charge in [-0.05, 0) is 24.5 Å². The van der Waals surface area contributed by atoms with Gasteiger partial charge in [-0.2, -0.15) is 0 Å². The smallest absolute Gasteiger partial charge is 0.328 e. The molecule has 0 aromatic heterocycles. The normalized spacial score (nSPS) is 18.8. The van der Waals surface area contributed by atoms with Crippen LogP contribution in [0.3, 0.4) is 0 Å². The molecule has 1 heterocycles. The van der Waals surface area contributed by atoms with Crippen LogP contribution in [0.5, 0.6) is 5.75 Å². The standard InChI is InChI=1S/C19H21F2NO4/c1-25-19(24)16(9-12-5-2-3-6-12)22-11-13(10-17(22)23)26-18-14(20)7-4-8-15(18)21/h4,7-8,10,12,16H,2-3,5-6,9,11H2,1H3. The second-order valence-corrected chi connectivity index (χ2v) is 6.65. The van der Waals surface area contributed by atoms with Crippen LogP contribution in [-0.2, 0) is 14.3 Å². The number of hydrogen-bond acceptors (Lipinski definition) is 4. The molecule has 3 rings (SSSR count). The first-order valence-corrected chi connectivity index (χ1v) is 8.70. The van der Waals surface area contributed by atoms with Crippen LogP contribution in [0.2, 0.25) is 0 Å². The van der Waals surface area contributed by atoms with Crippen LogP contribution in [0.1, 0.15) is 32.1 Å².